The van der Waals surface area contributed by atoms with Gasteiger partial charge in [0.05, 0.1) is 17.6 Å². The Bertz CT molecular complexity index is 1190. The molecule has 9 heteroatoms. The zero-order valence-corrected chi connectivity index (χ0v) is 19.8. The molecule has 0 aliphatic carbocycles. The number of sulfonamides is 1. The SMILES string of the molecule is CC[C@H](C(=O)Nc1cc(Cl)ccc1Oc1ccccc1)N(c1ccc(Cl)cc1)S(C)(=O)=O. The normalized spacial score (nSPS) is 12.1. The van der Waals surface area contributed by atoms with Gasteiger partial charge in [-0.25, -0.2) is 8.42 Å². The molecule has 1 amide bonds. The van der Waals surface area contributed by atoms with Crippen molar-refractivity contribution in [3.05, 3.63) is 82.8 Å². The first-order chi connectivity index (χ1) is 15.2. The number of hydrogen-bond donors (Lipinski definition) is 1. The van der Waals surface area contributed by atoms with Gasteiger partial charge in [0, 0.05) is 10.0 Å². The number of ether oxygens (including phenoxy) is 1. The van der Waals surface area contributed by atoms with Crippen molar-refractivity contribution in [3.8, 4) is 11.5 Å². The Balaban J connectivity index is 1.93. The molecular formula is C23H22Cl2N2O4S. The molecular weight excluding hydrogens is 471 g/mol. The van der Waals surface area contributed by atoms with Crippen LogP contribution in [0.5, 0.6) is 11.5 Å². The number of hydrogen-bond acceptors (Lipinski definition) is 4. The van der Waals surface area contributed by atoms with Gasteiger partial charge in [-0.1, -0.05) is 48.3 Å². The highest BCUT2D eigenvalue weighted by Crippen LogP contribution is 2.33. The van der Waals surface area contributed by atoms with E-state index in [-0.39, 0.29) is 6.42 Å². The molecule has 0 aliphatic rings. The third-order valence-electron chi connectivity index (χ3n) is 4.58. The van der Waals surface area contributed by atoms with E-state index in [0.717, 1.165) is 10.6 Å². The molecule has 0 radical (unpaired) electrons. The number of nitrogens with one attached hydrogen (secondary N) is 1. The van der Waals surface area contributed by atoms with Crippen molar-refractivity contribution in [1.29, 1.82) is 0 Å². The molecule has 0 bridgehead atoms. The fraction of sp³-hybridized carbons (Fsp3) is 0.174. The van der Waals surface area contributed by atoms with Gasteiger partial charge in [0.25, 0.3) is 0 Å². The van der Waals surface area contributed by atoms with Crippen LogP contribution in [0, 0.1) is 0 Å². The summed E-state index contributed by atoms with van der Waals surface area (Å²) in [4.78, 5) is 13.2. The third kappa shape index (κ3) is 5.94. The zero-order valence-electron chi connectivity index (χ0n) is 17.5. The molecule has 0 saturated heterocycles. The minimum atomic E-state index is -3.77. The highest BCUT2D eigenvalue weighted by Gasteiger charge is 2.32. The van der Waals surface area contributed by atoms with Crippen molar-refractivity contribution in [2.45, 2.75) is 19.4 Å². The van der Waals surface area contributed by atoms with E-state index in [0.29, 0.717) is 32.9 Å². The molecule has 3 rings (SSSR count). The average molecular weight is 493 g/mol. The highest BCUT2D eigenvalue weighted by atomic mass is 35.5. The monoisotopic (exact) mass is 492 g/mol. The van der Waals surface area contributed by atoms with Crippen LogP contribution >= 0.6 is 23.2 Å². The van der Waals surface area contributed by atoms with Gasteiger partial charge in [0.1, 0.15) is 11.8 Å². The molecule has 6 nitrogen and oxygen atoms in total. The largest absolute Gasteiger partial charge is 0.455 e. The van der Waals surface area contributed by atoms with Gasteiger partial charge in [-0.05, 0) is 61.0 Å². The molecule has 0 aliphatic heterocycles. The van der Waals surface area contributed by atoms with Crippen LogP contribution in [0.1, 0.15) is 13.3 Å². The summed E-state index contributed by atoms with van der Waals surface area (Å²) in [5.74, 6) is 0.436. The van der Waals surface area contributed by atoms with E-state index in [1.165, 1.54) is 0 Å². The first-order valence-electron chi connectivity index (χ1n) is 9.77. The van der Waals surface area contributed by atoms with Crippen molar-refractivity contribution >= 4 is 50.5 Å². The molecule has 0 fully saturated rings. The van der Waals surface area contributed by atoms with E-state index >= 15 is 0 Å². The van der Waals surface area contributed by atoms with E-state index in [2.05, 4.69) is 5.32 Å². The standard InChI is InChI=1S/C23H22Cl2N2O4S/c1-3-21(27(32(2,29)30)18-12-9-16(24)10-13-18)23(28)26-20-15-17(25)11-14-22(20)31-19-7-5-4-6-8-19/h4-15,21H,3H2,1-2H3,(H,26,28)/t21-/m1/s1. The topological polar surface area (TPSA) is 75.7 Å². The van der Waals surface area contributed by atoms with Crippen LogP contribution in [0.15, 0.2) is 72.8 Å². The maximum atomic E-state index is 13.2. The lowest BCUT2D eigenvalue weighted by atomic mass is 10.1. The van der Waals surface area contributed by atoms with Crippen LogP contribution < -0.4 is 14.4 Å². The van der Waals surface area contributed by atoms with Crippen LogP contribution in [0.3, 0.4) is 0 Å². The lowest BCUT2D eigenvalue weighted by Gasteiger charge is -2.30. The number of amides is 1. The summed E-state index contributed by atoms with van der Waals surface area (Å²) < 4.78 is 32.2. The Morgan fingerprint density at radius 3 is 2.22 bits per heavy atom. The summed E-state index contributed by atoms with van der Waals surface area (Å²) in [7, 11) is -3.77. The van der Waals surface area contributed by atoms with Crippen molar-refractivity contribution in [3.63, 3.8) is 0 Å². The number of rotatable bonds is 8. The molecule has 0 heterocycles. The van der Waals surface area contributed by atoms with Gasteiger partial charge in [-0.3, -0.25) is 9.10 Å². The Morgan fingerprint density at radius 1 is 1.00 bits per heavy atom. The number of para-hydroxylation sites is 1. The zero-order chi connectivity index (χ0) is 23.3. The summed E-state index contributed by atoms with van der Waals surface area (Å²) >= 11 is 12.1. The first-order valence-corrected chi connectivity index (χ1v) is 12.4. The average Bonchev–Trinajstić information content (AvgIpc) is 2.74. The summed E-state index contributed by atoms with van der Waals surface area (Å²) in [5.41, 5.74) is 0.667. The molecule has 1 N–H and O–H groups in total. The van der Waals surface area contributed by atoms with Crippen molar-refractivity contribution in [2.75, 3.05) is 15.9 Å². The quantitative estimate of drug-likeness (QED) is 0.420. The summed E-state index contributed by atoms with van der Waals surface area (Å²) in [6, 6.07) is 19.2. The van der Waals surface area contributed by atoms with Gasteiger partial charge in [-0.2, -0.15) is 0 Å². The number of halogens is 2. The van der Waals surface area contributed by atoms with Crippen molar-refractivity contribution in [1.82, 2.24) is 0 Å². The van der Waals surface area contributed by atoms with Gasteiger partial charge in [0.2, 0.25) is 15.9 Å². The maximum absolute atomic E-state index is 13.2. The Kier molecular flexibility index (Phi) is 7.66. The van der Waals surface area contributed by atoms with Gasteiger partial charge >= 0.3 is 0 Å². The molecule has 0 saturated carbocycles. The molecule has 32 heavy (non-hydrogen) atoms. The summed E-state index contributed by atoms with van der Waals surface area (Å²) in [6.07, 6.45) is 1.29. The number of benzene rings is 3. The molecule has 0 aromatic heterocycles. The third-order valence-corrected chi connectivity index (χ3v) is 6.25. The van der Waals surface area contributed by atoms with Gasteiger partial charge < -0.3 is 10.1 Å². The Morgan fingerprint density at radius 2 is 1.62 bits per heavy atom. The van der Waals surface area contributed by atoms with Gasteiger partial charge in [0.15, 0.2) is 5.75 Å². The predicted molar refractivity (Wildman–Crippen MR) is 129 cm³/mol. The fourth-order valence-electron chi connectivity index (χ4n) is 3.17. The predicted octanol–water partition coefficient (Wildman–Crippen LogP) is 5.97. The van der Waals surface area contributed by atoms with Crippen LogP contribution in [-0.2, 0) is 14.8 Å². The van der Waals surface area contributed by atoms with Crippen molar-refractivity contribution < 1.29 is 17.9 Å². The second-order valence-corrected chi connectivity index (χ2v) is 9.74. The van der Waals surface area contributed by atoms with Crippen LogP contribution in [0.25, 0.3) is 0 Å². The minimum Gasteiger partial charge on any atom is -0.455 e. The number of nitrogens with zero attached hydrogens (tertiary/aromatic N) is 1. The summed E-state index contributed by atoms with van der Waals surface area (Å²) in [6.45, 7) is 1.73. The fourth-order valence-corrected chi connectivity index (χ4v) is 4.68. The van der Waals surface area contributed by atoms with Crippen LogP contribution in [-0.4, -0.2) is 26.6 Å². The van der Waals surface area contributed by atoms with Gasteiger partial charge in [-0.15, -0.1) is 0 Å². The van der Waals surface area contributed by atoms with Crippen LogP contribution in [0.4, 0.5) is 11.4 Å². The molecule has 3 aromatic rings. The number of carbonyl (C=O) groups excluding carboxylic acids is 1. The van der Waals surface area contributed by atoms with E-state index in [9.17, 15) is 13.2 Å². The lowest BCUT2D eigenvalue weighted by Crippen LogP contribution is -2.47. The number of anilines is 2. The molecule has 0 unspecified atom stereocenters. The van der Waals surface area contributed by atoms with Crippen molar-refractivity contribution in [2.24, 2.45) is 0 Å². The molecule has 1 atom stereocenters. The highest BCUT2D eigenvalue weighted by molar-refractivity contribution is 7.92. The molecule has 3 aromatic carbocycles. The number of carbonyl (C=O) groups is 1. The van der Waals surface area contributed by atoms with E-state index < -0.39 is 22.0 Å². The molecule has 168 valence electrons. The van der Waals surface area contributed by atoms with E-state index in [4.69, 9.17) is 27.9 Å². The maximum Gasteiger partial charge on any atom is 0.248 e. The Labute approximate surface area is 197 Å². The first kappa shape index (κ1) is 23.9. The second-order valence-electron chi connectivity index (χ2n) is 7.00. The second kappa shape index (κ2) is 10.3. The Hall–Kier alpha value is -2.74. The molecule has 0 spiro atoms. The minimum absolute atomic E-state index is 0.233. The van der Waals surface area contributed by atoms with Crippen LogP contribution in [0.2, 0.25) is 10.0 Å². The van der Waals surface area contributed by atoms with E-state index in [1.807, 2.05) is 18.2 Å². The smallest absolute Gasteiger partial charge is 0.248 e. The van der Waals surface area contributed by atoms with E-state index in [1.54, 1.807) is 61.5 Å². The summed E-state index contributed by atoms with van der Waals surface area (Å²) in [5, 5.41) is 3.63. The lowest BCUT2D eigenvalue weighted by molar-refractivity contribution is -0.117.